The van der Waals surface area contributed by atoms with Crippen molar-refractivity contribution in [3.8, 4) is 0 Å². The highest BCUT2D eigenvalue weighted by Gasteiger charge is 2.15. The lowest BCUT2D eigenvalue weighted by atomic mass is 10.1. The normalized spacial score (nSPS) is 16.4. The number of alkyl halides is 1. The molecule has 0 amide bonds. The molecule has 1 fully saturated rings. The molecule has 4 heteroatoms. The van der Waals surface area contributed by atoms with E-state index in [1.807, 2.05) is 0 Å². The number of hydrogen-bond donors (Lipinski definition) is 0. The topological polar surface area (TPSA) is 20.3 Å². The molecule has 0 unspecified atom stereocenters. The van der Waals surface area contributed by atoms with Crippen LogP contribution in [0.5, 0.6) is 0 Å². The van der Waals surface area contributed by atoms with Gasteiger partial charge < -0.3 is 4.90 Å². The van der Waals surface area contributed by atoms with Crippen molar-refractivity contribution in [1.29, 1.82) is 0 Å². The van der Waals surface area contributed by atoms with Crippen LogP contribution in [0.3, 0.4) is 0 Å². The molecule has 1 aromatic carbocycles. The lowest BCUT2D eigenvalue weighted by molar-refractivity contribution is 0.102. The Balaban J connectivity index is 2.20. The minimum Gasteiger partial charge on any atom is -0.369 e. The smallest absolute Gasteiger partial charge is 0.173 e. The molecule has 18 heavy (non-hydrogen) atoms. The van der Waals surface area contributed by atoms with Crippen molar-refractivity contribution in [3.63, 3.8) is 0 Å². The number of anilines is 1. The lowest BCUT2D eigenvalue weighted by Crippen LogP contribution is -2.25. The second-order valence-corrected chi connectivity index (χ2v) is 5.18. The number of hydrogen-bond acceptors (Lipinski definition) is 2. The van der Waals surface area contributed by atoms with E-state index in [1.54, 1.807) is 12.1 Å². The van der Waals surface area contributed by atoms with Crippen molar-refractivity contribution in [2.45, 2.75) is 25.7 Å². The van der Waals surface area contributed by atoms with Crippen molar-refractivity contribution in [2.24, 2.45) is 0 Å². The van der Waals surface area contributed by atoms with E-state index in [-0.39, 0.29) is 16.9 Å². The van der Waals surface area contributed by atoms with Gasteiger partial charge in [-0.05, 0) is 31.0 Å². The van der Waals surface area contributed by atoms with Crippen LogP contribution in [-0.4, -0.2) is 24.2 Å². The maximum absolute atomic E-state index is 14.1. The van der Waals surface area contributed by atoms with Crippen LogP contribution in [0.2, 0.25) is 0 Å². The molecule has 0 aliphatic carbocycles. The van der Waals surface area contributed by atoms with Crippen molar-refractivity contribution in [1.82, 2.24) is 0 Å². The van der Waals surface area contributed by atoms with Gasteiger partial charge in [0.25, 0.3) is 0 Å². The van der Waals surface area contributed by atoms with Gasteiger partial charge in [-0.3, -0.25) is 4.79 Å². The number of carbonyl (C=O) groups is 1. The molecule has 2 rings (SSSR count). The molecule has 0 saturated carbocycles. The van der Waals surface area contributed by atoms with Gasteiger partial charge in [-0.25, -0.2) is 4.39 Å². The molecular weight excluding hydrogens is 297 g/mol. The largest absolute Gasteiger partial charge is 0.369 e. The predicted octanol–water partition coefficient (Wildman–Crippen LogP) is 3.78. The Morgan fingerprint density at radius 1 is 1.22 bits per heavy atom. The first-order valence-electron chi connectivity index (χ1n) is 6.36. The summed E-state index contributed by atoms with van der Waals surface area (Å²) in [4.78, 5) is 13.6. The quantitative estimate of drug-likeness (QED) is 0.625. The van der Waals surface area contributed by atoms with E-state index in [0.717, 1.165) is 25.9 Å². The van der Waals surface area contributed by atoms with Gasteiger partial charge in [0, 0.05) is 18.7 Å². The summed E-state index contributed by atoms with van der Waals surface area (Å²) in [7, 11) is 0. The molecule has 1 aliphatic heterocycles. The molecule has 1 saturated heterocycles. The maximum atomic E-state index is 14.1. The third kappa shape index (κ3) is 3.10. The van der Waals surface area contributed by atoms with Gasteiger partial charge in [-0.15, -0.1) is 0 Å². The van der Waals surface area contributed by atoms with Crippen LogP contribution in [-0.2, 0) is 0 Å². The molecule has 1 aliphatic rings. The number of rotatable bonds is 3. The highest BCUT2D eigenvalue weighted by Crippen LogP contribution is 2.24. The van der Waals surface area contributed by atoms with E-state index in [9.17, 15) is 9.18 Å². The fourth-order valence-electron chi connectivity index (χ4n) is 2.33. The summed E-state index contributed by atoms with van der Waals surface area (Å²) in [6, 6.07) is 4.80. The highest BCUT2D eigenvalue weighted by atomic mass is 79.9. The lowest BCUT2D eigenvalue weighted by Gasteiger charge is -2.23. The summed E-state index contributed by atoms with van der Waals surface area (Å²) in [5.74, 6) is -0.375. The zero-order valence-electron chi connectivity index (χ0n) is 10.3. The molecule has 0 bridgehead atoms. The van der Waals surface area contributed by atoms with Gasteiger partial charge in [0.15, 0.2) is 5.78 Å². The Labute approximate surface area is 115 Å². The van der Waals surface area contributed by atoms with E-state index in [4.69, 9.17) is 0 Å². The molecule has 0 radical (unpaired) electrons. The number of carbonyl (C=O) groups excluding carboxylic acids is 1. The maximum Gasteiger partial charge on any atom is 0.173 e. The van der Waals surface area contributed by atoms with E-state index in [1.165, 1.54) is 18.9 Å². The Hall–Kier alpha value is -0.900. The van der Waals surface area contributed by atoms with Gasteiger partial charge in [0.05, 0.1) is 11.0 Å². The van der Waals surface area contributed by atoms with Crippen LogP contribution in [0, 0.1) is 5.82 Å². The Kier molecular flexibility index (Phi) is 4.75. The third-order valence-corrected chi connectivity index (χ3v) is 3.85. The molecular formula is C14H17BrFNO. The first kappa shape index (κ1) is 13.5. The number of nitrogens with zero attached hydrogens (tertiary/aromatic N) is 1. The number of Topliss-reactive ketones (excluding diaryl/α,β-unsaturated/α-hetero) is 1. The van der Waals surface area contributed by atoms with Crippen LogP contribution in [0.1, 0.15) is 36.0 Å². The second-order valence-electron chi connectivity index (χ2n) is 4.62. The minimum absolute atomic E-state index is 0.0867. The Morgan fingerprint density at radius 2 is 1.89 bits per heavy atom. The average Bonchev–Trinajstić information content (AvgIpc) is 2.66. The standard InChI is InChI=1S/C14H17BrFNO/c15-10-14(18)11-5-6-13(12(16)9-11)17-7-3-1-2-4-8-17/h5-6,9H,1-4,7-8,10H2. The number of ketones is 1. The second kappa shape index (κ2) is 6.32. The first-order valence-corrected chi connectivity index (χ1v) is 7.48. The predicted molar refractivity (Wildman–Crippen MR) is 75.2 cm³/mol. The molecule has 0 atom stereocenters. The molecule has 0 aromatic heterocycles. The van der Waals surface area contributed by atoms with Crippen LogP contribution >= 0.6 is 15.9 Å². The van der Waals surface area contributed by atoms with Gasteiger partial charge in [-0.2, -0.15) is 0 Å². The molecule has 0 spiro atoms. The van der Waals surface area contributed by atoms with Gasteiger partial charge in [0.2, 0.25) is 0 Å². The van der Waals surface area contributed by atoms with Gasteiger partial charge in [0.1, 0.15) is 5.82 Å². The van der Waals surface area contributed by atoms with Crippen LogP contribution in [0.25, 0.3) is 0 Å². The van der Waals surface area contributed by atoms with E-state index < -0.39 is 0 Å². The molecule has 1 aromatic rings. The third-order valence-electron chi connectivity index (χ3n) is 3.34. The molecule has 98 valence electrons. The zero-order chi connectivity index (χ0) is 13.0. The van der Waals surface area contributed by atoms with E-state index >= 15 is 0 Å². The molecule has 1 heterocycles. The summed E-state index contributed by atoms with van der Waals surface area (Å²) < 4.78 is 14.1. The van der Waals surface area contributed by atoms with E-state index in [0.29, 0.717) is 11.3 Å². The molecule has 2 nitrogen and oxygen atoms in total. The number of halogens is 2. The summed E-state index contributed by atoms with van der Waals surface area (Å²) in [5, 5.41) is 0.232. The zero-order valence-corrected chi connectivity index (χ0v) is 11.9. The fraction of sp³-hybridized carbons (Fsp3) is 0.500. The highest BCUT2D eigenvalue weighted by molar-refractivity contribution is 9.09. The fourth-order valence-corrected chi connectivity index (χ4v) is 2.65. The van der Waals surface area contributed by atoms with Crippen molar-refractivity contribution in [3.05, 3.63) is 29.6 Å². The van der Waals surface area contributed by atoms with Crippen LogP contribution < -0.4 is 4.90 Å². The number of benzene rings is 1. The van der Waals surface area contributed by atoms with Crippen molar-refractivity contribution >= 4 is 27.4 Å². The minimum atomic E-state index is -0.288. The Morgan fingerprint density at radius 3 is 2.44 bits per heavy atom. The summed E-state index contributed by atoms with van der Waals surface area (Å²) in [6.45, 7) is 1.81. The van der Waals surface area contributed by atoms with E-state index in [2.05, 4.69) is 20.8 Å². The average molecular weight is 314 g/mol. The summed E-state index contributed by atoms with van der Waals surface area (Å²) in [6.07, 6.45) is 4.67. The summed E-state index contributed by atoms with van der Waals surface area (Å²) in [5.41, 5.74) is 1.06. The van der Waals surface area contributed by atoms with Crippen molar-refractivity contribution in [2.75, 3.05) is 23.3 Å². The monoisotopic (exact) mass is 313 g/mol. The van der Waals surface area contributed by atoms with Gasteiger partial charge in [-0.1, -0.05) is 28.8 Å². The van der Waals surface area contributed by atoms with Crippen LogP contribution in [0.4, 0.5) is 10.1 Å². The van der Waals surface area contributed by atoms with Crippen molar-refractivity contribution < 1.29 is 9.18 Å². The molecule has 0 N–H and O–H groups in total. The first-order chi connectivity index (χ1) is 8.72. The van der Waals surface area contributed by atoms with Crippen LogP contribution in [0.15, 0.2) is 18.2 Å². The SMILES string of the molecule is O=C(CBr)c1ccc(N2CCCCCC2)c(F)c1. The summed E-state index contributed by atoms with van der Waals surface area (Å²) >= 11 is 3.10. The Bertz CT molecular complexity index is 428. The van der Waals surface area contributed by atoms with Gasteiger partial charge >= 0.3 is 0 Å².